The van der Waals surface area contributed by atoms with E-state index in [-0.39, 0.29) is 12.0 Å². The molecular formula is C16H28N2O. The fraction of sp³-hybridized carbons (Fsp3) is 0.688. The Bertz CT molecular complexity index is 381. The lowest BCUT2D eigenvalue weighted by atomic mass is 9.86. The molecule has 0 bridgehead atoms. The molecule has 0 fully saturated rings. The minimum atomic E-state index is -0.00537. The van der Waals surface area contributed by atoms with Crippen molar-refractivity contribution in [1.29, 1.82) is 0 Å². The van der Waals surface area contributed by atoms with E-state index < -0.39 is 0 Å². The van der Waals surface area contributed by atoms with E-state index in [1.807, 2.05) is 13.0 Å². The number of hydrogen-bond acceptors (Lipinski definition) is 3. The van der Waals surface area contributed by atoms with Gasteiger partial charge in [-0.2, -0.15) is 0 Å². The number of nitrogens with zero attached hydrogens (tertiary/aromatic N) is 2. The van der Waals surface area contributed by atoms with E-state index in [9.17, 15) is 5.11 Å². The van der Waals surface area contributed by atoms with Crippen LogP contribution in [-0.4, -0.2) is 34.7 Å². The van der Waals surface area contributed by atoms with E-state index in [1.165, 1.54) is 0 Å². The van der Waals surface area contributed by atoms with E-state index in [0.717, 1.165) is 43.9 Å². The van der Waals surface area contributed by atoms with Crippen molar-refractivity contribution in [2.75, 3.05) is 19.7 Å². The third kappa shape index (κ3) is 5.29. The summed E-state index contributed by atoms with van der Waals surface area (Å²) in [6.45, 7) is 11.5. The molecule has 0 amide bonds. The van der Waals surface area contributed by atoms with Crippen molar-refractivity contribution in [1.82, 2.24) is 9.88 Å². The minimum absolute atomic E-state index is 0.00537. The van der Waals surface area contributed by atoms with E-state index in [4.69, 9.17) is 0 Å². The van der Waals surface area contributed by atoms with Crippen LogP contribution in [0.4, 0.5) is 0 Å². The molecule has 1 N–H and O–H groups in total. The summed E-state index contributed by atoms with van der Waals surface area (Å²) >= 11 is 0. The monoisotopic (exact) mass is 264 g/mol. The number of aromatic nitrogens is 1. The Balaban J connectivity index is 2.67. The zero-order chi connectivity index (χ0) is 14.3. The maximum atomic E-state index is 9.63. The third-order valence-corrected chi connectivity index (χ3v) is 3.62. The highest BCUT2D eigenvalue weighted by Gasteiger charge is 2.25. The molecule has 1 aromatic heterocycles. The Labute approximate surface area is 117 Å². The van der Waals surface area contributed by atoms with Crippen LogP contribution in [0.25, 0.3) is 0 Å². The molecule has 0 saturated heterocycles. The van der Waals surface area contributed by atoms with Gasteiger partial charge in [0, 0.05) is 30.8 Å². The standard InChI is InChI=1S/C16H28N2O/c1-5-10-16(4,13-19)12-18(6-2)11-15-9-7-8-14(3)17-15/h7-9,19H,5-6,10-13H2,1-4H3. The van der Waals surface area contributed by atoms with Crippen LogP contribution in [0.15, 0.2) is 18.2 Å². The molecule has 1 heterocycles. The predicted octanol–water partition coefficient (Wildman–Crippen LogP) is 3.01. The number of rotatable bonds is 8. The van der Waals surface area contributed by atoms with Gasteiger partial charge in [0.25, 0.3) is 0 Å². The summed E-state index contributed by atoms with van der Waals surface area (Å²) in [5.74, 6) is 0. The first-order valence-corrected chi connectivity index (χ1v) is 7.28. The van der Waals surface area contributed by atoms with Crippen molar-refractivity contribution in [3.05, 3.63) is 29.6 Å². The van der Waals surface area contributed by atoms with Crippen LogP contribution in [0.3, 0.4) is 0 Å². The number of aryl methyl sites for hydroxylation is 1. The van der Waals surface area contributed by atoms with Gasteiger partial charge >= 0.3 is 0 Å². The van der Waals surface area contributed by atoms with E-state index >= 15 is 0 Å². The van der Waals surface area contributed by atoms with Gasteiger partial charge in [-0.3, -0.25) is 9.88 Å². The van der Waals surface area contributed by atoms with Gasteiger partial charge in [-0.25, -0.2) is 0 Å². The number of pyridine rings is 1. The molecule has 1 atom stereocenters. The molecule has 0 aromatic carbocycles. The topological polar surface area (TPSA) is 36.4 Å². The maximum absolute atomic E-state index is 9.63. The molecule has 0 radical (unpaired) electrons. The van der Waals surface area contributed by atoms with Crippen molar-refractivity contribution in [3.8, 4) is 0 Å². The molecule has 1 unspecified atom stereocenters. The zero-order valence-electron chi connectivity index (χ0n) is 12.8. The lowest BCUT2D eigenvalue weighted by molar-refractivity contribution is 0.0783. The Morgan fingerprint density at radius 1 is 1.32 bits per heavy atom. The summed E-state index contributed by atoms with van der Waals surface area (Å²) in [5.41, 5.74) is 2.17. The summed E-state index contributed by atoms with van der Waals surface area (Å²) in [4.78, 5) is 6.93. The first-order valence-electron chi connectivity index (χ1n) is 7.28. The molecule has 0 saturated carbocycles. The van der Waals surface area contributed by atoms with Crippen molar-refractivity contribution < 1.29 is 5.11 Å². The molecule has 19 heavy (non-hydrogen) atoms. The van der Waals surface area contributed by atoms with Crippen molar-refractivity contribution >= 4 is 0 Å². The highest BCUT2D eigenvalue weighted by atomic mass is 16.3. The van der Waals surface area contributed by atoms with Crippen LogP contribution >= 0.6 is 0 Å². The number of aliphatic hydroxyl groups is 1. The largest absolute Gasteiger partial charge is 0.396 e. The van der Waals surface area contributed by atoms with Crippen molar-refractivity contribution in [2.24, 2.45) is 5.41 Å². The summed E-state index contributed by atoms with van der Waals surface area (Å²) < 4.78 is 0. The lowest BCUT2D eigenvalue weighted by Gasteiger charge is -2.33. The van der Waals surface area contributed by atoms with Crippen LogP contribution < -0.4 is 0 Å². The molecule has 0 aliphatic rings. The van der Waals surface area contributed by atoms with Gasteiger partial charge in [-0.15, -0.1) is 0 Å². The number of aliphatic hydroxyl groups excluding tert-OH is 1. The van der Waals surface area contributed by atoms with Gasteiger partial charge in [0.1, 0.15) is 0 Å². The highest BCUT2D eigenvalue weighted by Crippen LogP contribution is 2.24. The van der Waals surface area contributed by atoms with Crippen LogP contribution in [0.1, 0.15) is 45.0 Å². The molecule has 3 nitrogen and oxygen atoms in total. The molecule has 108 valence electrons. The van der Waals surface area contributed by atoms with E-state index in [0.29, 0.717) is 0 Å². The second-order valence-corrected chi connectivity index (χ2v) is 5.79. The van der Waals surface area contributed by atoms with Gasteiger partial charge in [0.05, 0.1) is 5.69 Å². The zero-order valence-corrected chi connectivity index (χ0v) is 12.8. The van der Waals surface area contributed by atoms with Crippen LogP contribution in [-0.2, 0) is 6.54 Å². The number of hydrogen-bond donors (Lipinski definition) is 1. The highest BCUT2D eigenvalue weighted by molar-refractivity contribution is 5.09. The average Bonchev–Trinajstić information content (AvgIpc) is 2.38. The maximum Gasteiger partial charge on any atom is 0.0547 e. The van der Waals surface area contributed by atoms with Gasteiger partial charge in [0.15, 0.2) is 0 Å². The Kier molecular flexibility index (Phi) is 6.46. The molecule has 1 rings (SSSR count). The average molecular weight is 264 g/mol. The summed E-state index contributed by atoms with van der Waals surface area (Å²) in [7, 11) is 0. The fourth-order valence-electron chi connectivity index (χ4n) is 2.55. The summed E-state index contributed by atoms with van der Waals surface area (Å²) in [6, 6.07) is 6.16. The van der Waals surface area contributed by atoms with Crippen LogP contribution in [0, 0.1) is 12.3 Å². The second kappa shape index (κ2) is 7.61. The molecule has 3 heteroatoms. The van der Waals surface area contributed by atoms with E-state index in [1.54, 1.807) is 0 Å². The van der Waals surface area contributed by atoms with Crippen LogP contribution in [0.5, 0.6) is 0 Å². The minimum Gasteiger partial charge on any atom is -0.396 e. The SMILES string of the molecule is CCCC(C)(CO)CN(CC)Cc1cccc(C)n1. The Morgan fingerprint density at radius 3 is 2.58 bits per heavy atom. The first kappa shape index (κ1) is 16.1. The van der Waals surface area contributed by atoms with Gasteiger partial charge in [-0.05, 0) is 32.0 Å². The van der Waals surface area contributed by atoms with Gasteiger partial charge < -0.3 is 5.11 Å². The van der Waals surface area contributed by atoms with Gasteiger partial charge in [0.2, 0.25) is 0 Å². The second-order valence-electron chi connectivity index (χ2n) is 5.79. The first-order chi connectivity index (χ1) is 9.03. The molecule has 0 aliphatic heterocycles. The van der Waals surface area contributed by atoms with E-state index in [2.05, 4.69) is 42.8 Å². The quantitative estimate of drug-likeness (QED) is 0.784. The Morgan fingerprint density at radius 2 is 2.05 bits per heavy atom. The van der Waals surface area contributed by atoms with Crippen molar-refractivity contribution in [2.45, 2.75) is 47.1 Å². The summed E-state index contributed by atoms with van der Waals surface area (Å²) in [5, 5.41) is 9.63. The predicted molar refractivity (Wildman–Crippen MR) is 80.0 cm³/mol. The molecule has 0 aliphatic carbocycles. The van der Waals surface area contributed by atoms with Gasteiger partial charge in [-0.1, -0.05) is 33.3 Å². The third-order valence-electron chi connectivity index (χ3n) is 3.62. The fourth-order valence-corrected chi connectivity index (χ4v) is 2.55. The molecule has 0 spiro atoms. The Hall–Kier alpha value is -0.930. The lowest BCUT2D eigenvalue weighted by Crippen LogP contribution is -2.38. The van der Waals surface area contributed by atoms with Crippen LogP contribution in [0.2, 0.25) is 0 Å². The summed E-state index contributed by atoms with van der Waals surface area (Å²) in [6.07, 6.45) is 2.17. The van der Waals surface area contributed by atoms with Crippen molar-refractivity contribution in [3.63, 3.8) is 0 Å². The molecule has 1 aromatic rings. The normalized spacial score (nSPS) is 14.6. The smallest absolute Gasteiger partial charge is 0.0547 e. The molecular weight excluding hydrogens is 236 g/mol.